The topological polar surface area (TPSA) is 64.6 Å². The monoisotopic (exact) mass is 367 g/mol. The zero-order valence-electron chi connectivity index (χ0n) is 15.5. The van der Waals surface area contributed by atoms with Crippen LogP contribution in [-0.2, 0) is 19.0 Å². The van der Waals surface area contributed by atoms with Crippen LogP contribution in [0.1, 0.15) is 39.2 Å². The van der Waals surface area contributed by atoms with E-state index in [1.807, 2.05) is 6.92 Å². The Morgan fingerprint density at radius 3 is 2.32 bits per heavy atom. The van der Waals surface area contributed by atoms with Crippen molar-refractivity contribution in [3.05, 3.63) is 29.8 Å². The minimum atomic E-state index is -3.70. The van der Waals surface area contributed by atoms with Crippen LogP contribution in [0.2, 0.25) is 0 Å². The lowest BCUT2D eigenvalue weighted by molar-refractivity contribution is -0.152. The molecule has 5 nitrogen and oxygen atoms in total. The van der Waals surface area contributed by atoms with Crippen LogP contribution in [0.3, 0.4) is 0 Å². The number of aryl methyl sites for hydroxylation is 1. The first-order chi connectivity index (χ1) is 11.6. The highest BCUT2D eigenvalue weighted by atomic mass is 32.2. The molecule has 0 aromatic heterocycles. The van der Waals surface area contributed by atoms with E-state index in [4.69, 9.17) is 8.92 Å². The second-order valence-corrected chi connectivity index (χ2v) is 10.1. The van der Waals surface area contributed by atoms with Crippen LogP contribution >= 0.6 is 0 Å². The Bertz CT molecular complexity index is 700. The first-order valence-electron chi connectivity index (χ1n) is 8.94. The number of benzene rings is 1. The molecule has 3 rings (SSSR count). The summed E-state index contributed by atoms with van der Waals surface area (Å²) >= 11 is 0. The summed E-state index contributed by atoms with van der Waals surface area (Å²) in [6.45, 7) is 10.1. The Morgan fingerprint density at radius 2 is 1.80 bits per heavy atom. The number of hydrogen-bond acceptors (Lipinski definition) is 5. The molecule has 1 aromatic rings. The van der Waals surface area contributed by atoms with Gasteiger partial charge in [0.15, 0.2) is 0 Å². The summed E-state index contributed by atoms with van der Waals surface area (Å²) in [5.41, 5.74) is 1.65. The molecule has 25 heavy (non-hydrogen) atoms. The van der Waals surface area contributed by atoms with Gasteiger partial charge in [-0.25, -0.2) is 0 Å². The van der Waals surface area contributed by atoms with Crippen molar-refractivity contribution >= 4 is 10.1 Å². The first-order valence-corrected chi connectivity index (χ1v) is 10.3. The van der Waals surface area contributed by atoms with Gasteiger partial charge in [0.05, 0.1) is 24.2 Å². The fourth-order valence-electron chi connectivity index (χ4n) is 4.19. The van der Waals surface area contributed by atoms with E-state index >= 15 is 0 Å². The molecule has 1 aliphatic carbocycles. The van der Waals surface area contributed by atoms with Crippen molar-refractivity contribution in [2.75, 3.05) is 19.8 Å². The standard InChI is InChI=1S/C19H29NO4S/c1-14-5-7-16(8-6-14)25(21,22)24-10-9-23-15-11-19(12-15)13-20-17(19)18(2,3)4/h5-8,15,17,20H,9-13H2,1-4H3. The molecule has 0 bridgehead atoms. The minimum absolute atomic E-state index is 0.0562. The van der Waals surface area contributed by atoms with E-state index in [9.17, 15) is 8.42 Å². The van der Waals surface area contributed by atoms with Gasteiger partial charge >= 0.3 is 0 Å². The number of rotatable bonds is 6. The van der Waals surface area contributed by atoms with Crippen molar-refractivity contribution in [3.8, 4) is 0 Å². The van der Waals surface area contributed by atoms with Gasteiger partial charge in [-0.1, -0.05) is 38.5 Å². The molecule has 1 spiro atoms. The van der Waals surface area contributed by atoms with Gasteiger partial charge < -0.3 is 10.1 Å². The highest BCUT2D eigenvalue weighted by molar-refractivity contribution is 7.86. The molecule has 1 saturated heterocycles. The summed E-state index contributed by atoms with van der Waals surface area (Å²) in [4.78, 5) is 0.189. The molecule has 0 radical (unpaired) electrons. The third-order valence-corrected chi connectivity index (χ3v) is 6.72. The van der Waals surface area contributed by atoms with Crippen LogP contribution in [0.15, 0.2) is 29.2 Å². The maximum absolute atomic E-state index is 12.1. The summed E-state index contributed by atoms with van der Waals surface area (Å²) in [6.07, 6.45) is 2.32. The van der Waals surface area contributed by atoms with Crippen LogP contribution in [0, 0.1) is 17.8 Å². The molecule has 1 heterocycles. The smallest absolute Gasteiger partial charge is 0.297 e. The summed E-state index contributed by atoms with van der Waals surface area (Å²) in [5.74, 6) is 0. The van der Waals surface area contributed by atoms with Crippen LogP contribution in [-0.4, -0.2) is 40.3 Å². The Hall–Kier alpha value is -0.950. The Kier molecular flexibility index (Phi) is 5.01. The van der Waals surface area contributed by atoms with E-state index in [0.29, 0.717) is 18.1 Å². The summed E-state index contributed by atoms with van der Waals surface area (Å²) in [5, 5.41) is 3.55. The molecule has 1 aliphatic heterocycles. The van der Waals surface area contributed by atoms with Gasteiger partial charge in [0.1, 0.15) is 0 Å². The van der Waals surface area contributed by atoms with Gasteiger partial charge in [-0.3, -0.25) is 4.18 Å². The second-order valence-electron chi connectivity index (χ2n) is 8.53. The lowest BCUT2D eigenvalue weighted by Crippen LogP contribution is -2.73. The van der Waals surface area contributed by atoms with E-state index in [1.165, 1.54) is 0 Å². The van der Waals surface area contributed by atoms with Crippen molar-refractivity contribution in [1.82, 2.24) is 5.32 Å². The molecular weight excluding hydrogens is 338 g/mol. The molecule has 2 fully saturated rings. The van der Waals surface area contributed by atoms with Crippen molar-refractivity contribution in [2.45, 2.75) is 57.6 Å². The van der Waals surface area contributed by atoms with E-state index in [-0.39, 0.29) is 23.0 Å². The van der Waals surface area contributed by atoms with Crippen molar-refractivity contribution < 1.29 is 17.3 Å². The van der Waals surface area contributed by atoms with Gasteiger partial charge in [0.25, 0.3) is 10.1 Å². The normalized spacial score (nSPS) is 29.3. The van der Waals surface area contributed by atoms with E-state index in [2.05, 4.69) is 26.1 Å². The Balaban J connectivity index is 1.40. The van der Waals surface area contributed by atoms with Crippen molar-refractivity contribution in [1.29, 1.82) is 0 Å². The molecule has 2 aliphatic rings. The maximum atomic E-state index is 12.1. The molecule has 0 amide bonds. The highest BCUT2D eigenvalue weighted by Crippen LogP contribution is 2.54. The fourth-order valence-corrected chi connectivity index (χ4v) is 5.09. The predicted octanol–water partition coefficient (Wildman–Crippen LogP) is 2.88. The first kappa shape index (κ1) is 18.8. The van der Waals surface area contributed by atoms with Gasteiger partial charge in [-0.05, 0) is 37.3 Å². The van der Waals surface area contributed by atoms with Gasteiger partial charge in [-0.15, -0.1) is 0 Å². The molecule has 1 aromatic carbocycles. The molecule has 6 heteroatoms. The van der Waals surface area contributed by atoms with Gasteiger partial charge in [0.2, 0.25) is 0 Å². The zero-order valence-corrected chi connectivity index (χ0v) is 16.4. The molecule has 1 N–H and O–H groups in total. The number of hydrogen-bond donors (Lipinski definition) is 1. The van der Waals surface area contributed by atoms with E-state index in [1.54, 1.807) is 24.3 Å². The molecule has 1 unspecified atom stereocenters. The second kappa shape index (κ2) is 6.65. The number of nitrogens with one attached hydrogen (secondary N) is 1. The molecular formula is C19H29NO4S. The lowest BCUT2D eigenvalue weighted by Gasteiger charge is -2.63. The lowest BCUT2D eigenvalue weighted by atomic mass is 9.52. The highest BCUT2D eigenvalue weighted by Gasteiger charge is 2.58. The minimum Gasteiger partial charge on any atom is -0.376 e. The SMILES string of the molecule is Cc1ccc(S(=O)(=O)OCCOC2CC3(CNC3C(C)(C)C)C2)cc1. The van der Waals surface area contributed by atoms with Gasteiger partial charge in [0, 0.05) is 18.0 Å². The average Bonchev–Trinajstić information content (AvgIpc) is 2.42. The van der Waals surface area contributed by atoms with Crippen LogP contribution in [0.5, 0.6) is 0 Å². The van der Waals surface area contributed by atoms with Crippen LogP contribution in [0.4, 0.5) is 0 Å². The number of ether oxygens (including phenoxy) is 1. The quantitative estimate of drug-likeness (QED) is 0.619. The summed E-state index contributed by atoms with van der Waals surface area (Å²) in [7, 11) is -3.70. The third kappa shape index (κ3) is 3.92. The summed E-state index contributed by atoms with van der Waals surface area (Å²) < 4.78 is 35.1. The Labute approximate surface area is 151 Å². The third-order valence-electron chi connectivity index (χ3n) is 5.39. The Morgan fingerprint density at radius 1 is 1.16 bits per heavy atom. The fraction of sp³-hybridized carbons (Fsp3) is 0.684. The largest absolute Gasteiger partial charge is 0.376 e. The molecule has 140 valence electrons. The molecule has 1 saturated carbocycles. The maximum Gasteiger partial charge on any atom is 0.297 e. The summed E-state index contributed by atoms with van der Waals surface area (Å²) in [6, 6.07) is 7.20. The van der Waals surface area contributed by atoms with Crippen LogP contribution < -0.4 is 5.32 Å². The zero-order chi connectivity index (χ0) is 18.3. The van der Waals surface area contributed by atoms with Crippen molar-refractivity contribution in [3.63, 3.8) is 0 Å². The van der Waals surface area contributed by atoms with Crippen LogP contribution in [0.25, 0.3) is 0 Å². The van der Waals surface area contributed by atoms with E-state index in [0.717, 1.165) is 24.9 Å². The predicted molar refractivity (Wildman–Crippen MR) is 97.0 cm³/mol. The van der Waals surface area contributed by atoms with Gasteiger partial charge in [-0.2, -0.15) is 8.42 Å². The molecule has 1 atom stereocenters. The van der Waals surface area contributed by atoms with Crippen molar-refractivity contribution in [2.24, 2.45) is 10.8 Å². The van der Waals surface area contributed by atoms with E-state index < -0.39 is 10.1 Å². The average molecular weight is 368 g/mol.